The molecule has 1 aliphatic heterocycles. The highest BCUT2D eigenvalue weighted by Gasteiger charge is 2.42. The molecule has 0 fully saturated rings. The van der Waals surface area contributed by atoms with Gasteiger partial charge in [0.25, 0.3) is 5.91 Å². The normalized spacial score (nSPS) is 16.2. The van der Waals surface area contributed by atoms with Gasteiger partial charge in [-0.3, -0.25) is 9.59 Å². The van der Waals surface area contributed by atoms with E-state index in [1.165, 1.54) is 17.0 Å². The minimum atomic E-state index is -0.681. The van der Waals surface area contributed by atoms with Crippen molar-refractivity contribution in [2.24, 2.45) is 0 Å². The summed E-state index contributed by atoms with van der Waals surface area (Å²) >= 11 is 0. The monoisotopic (exact) mass is 381 g/mol. The molecule has 1 atom stereocenters. The zero-order valence-corrected chi connectivity index (χ0v) is 15.6. The van der Waals surface area contributed by atoms with Gasteiger partial charge in [-0.05, 0) is 35.2 Å². The summed E-state index contributed by atoms with van der Waals surface area (Å²) < 4.78 is 19.4. The third-order valence-electron chi connectivity index (χ3n) is 5.19. The van der Waals surface area contributed by atoms with E-state index in [1.54, 1.807) is 0 Å². The summed E-state index contributed by atoms with van der Waals surface area (Å²) in [6.07, 6.45) is 0. The van der Waals surface area contributed by atoms with E-state index in [9.17, 15) is 19.1 Å². The highest BCUT2D eigenvalue weighted by atomic mass is 19.1. The summed E-state index contributed by atoms with van der Waals surface area (Å²) in [5.41, 5.74) is 1.80. The predicted molar refractivity (Wildman–Crippen MR) is 103 cm³/mol. The number of carbonyl (C=O) groups is 1. The van der Waals surface area contributed by atoms with Crippen LogP contribution in [0.15, 0.2) is 51.7 Å². The van der Waals surface area contributed by atoms with Gasteiger partial charge >= 0.3 is 0 Å². The van der Waals surface area contributed by atoms with Gasteiger partial charge in [0.1, 0.15) is 11.4 Å². The number of benzene rings is 2. The Hall–Kier alpha value is -2.99. The first-order chi connectivity index (χ1) is 13.4. The van der Waals surface area contributed by atoms with Crippen molar-refractivity contribution in [3.05, 3.63) is 81.0 Å². The molecule has 6 heteroatoms. The van der Waals surface area contributed by atoms with Gasteiger partial charge < -0.3 is 14.4 Å². The van der Waals surface area contributed by atoms with Gasteiger partial charge in [0.2, 0.25) is 5.76 Å². The summed E-state index contributed by atoms with van der Waals surface area (Å²) in [5, 5.41) is 9.55. The number of fused-ring (bicyclic) bond motifs is 2. The third-order valence-corrected chi connectivity index (χ3v) is 5.19. The minimum Gasteiger partial charge on any atom is -0.450 e. The van der Waals surface area contributed by atoms with E-state index in [1.807, 2.05) is 24.3 Å². The predicted octanol–water partition coefficient (Wildman–Crippen LogP) is 3.59. The molecule has 0 radical (unpaired) electrons. The number of rotatable bonds is 4. The van der Waals surface area contributed by atoms with Gasteiger partial charge in [0.15, 0.2) is 5.43 Å². The van der Waals surface area contributed by atoms with Crippen LogP contribution in [0, 0.1) is 5.82 Å². The van der Waals surface area contributed by atoms with Crippen LogP contribution in [0.2, 0.25) is 0 Å². The maximum Gasteiger partial charge on any atom is 0.290 e. The fourth-order valence-corrected chi connectivity index (χ4v) is 3.74. The number of nitrogens with zero attached hydrogens (tertiary/aromatic N) is 1. The van der Waals surface area contributed by atoms with Crippen molar-refractivity contribution < 1.29 is 18.7 Å². The van der Waals surface area contributed by atoms with Crippen molar-refractivity contribution in [1.82, 2.24) is 4.90 Å². The molecule has 144 valence electrons. The molecule has 1 aliphatic rings. The molecule has 2 heterocycles. The summed E-state index contributed by atoms with van der Waals surface area (Å²) in [5.74, 6) is -0.702. The molecule has 0 spiro atoms. The first-order valence-corrected chi connectivity index (χ1v) is 9.20. The molecule has 28 heavy (non-hydrogen) atoms. The van der Waals surface area contributed by atoms with Crippen molar-refractivity contribution in [3.8, 4) is 0 Å². The lowest BCUT2D eigenvalue weighted by Gasteiger charge is -2.24. The van der Waals surface area contributed by atoms with Gasteiger partial charge in [-0.1, -0.05) is 38.1 Å². The molecule has 1 N–H and O–H groups in total. The summed E-state index contributed by atoms with van der Waals surface area (Å²) in [4.78, 5) is 27.5. The number of β-amino-alcohol motifs (C(OH)–C–C–N with tert-alkyl or cyclic N) is 1. The van der Waals surface area contributed by atoms with Crippen LogP contribution in [0.4, 0.5) is 4.39 Å². The maximum absolute atomic E-state index is 13.7. The fourth-order valence-electron chi connectivity index (χ4n) is 3.74. The first kappa shape index (κ1) is 18.4. The zero-order chi connectivity index (χ0) is 20.0. The van der Waals surface area contributed by atoms with E-state index in [-0.39, 0.29) is 35.4 Å². The molecule has 3 aromatic rings. The summed E-state index contributed by atoms with van der Waals surface area (Å²) in [6, 6.07) is 10.7. The van der Waals surface area contributed by atoms with Gasteiger partial charge in [0.05, 0.1) is 23.6 Å². The topological polar surface area (TPSA) is 70.8 Å². The highest BCUT2D eigenvalue weighted by Crippen LogP contribution is 2.38. The molecule has 1 aromatic heterocycles. The van der Waals surface area contributed by atoms with Crippen LogP contribution in [-0.2, 0) is 0 Å². The van der Waals surface area contributed by atoms with Crippen LogP contribution in [0.5, 0.6) is 0 Å². The van der Waals surface area contributed by atoms with E-state index >= 15 is 0 Å². The second-order valence-corrected chi connectivity index (χ2v) is 7.26. The average molecular weight is 381 g/mol. The molecular weight excluding hydrogens is 361 g/mol. The van der Waals surface area contributed by atoms with E-state index in [0.29, 0.717) is 5.92 Å². The van der Waals surface area contributed by atoms with Crippen LogP contribution < -0.4 is 5.43 Å². The zero-order valence-electron chi connectivity index (χ0n) is 15.6. The quantitative estimate of drug-likeness (QED) is 0.750. The number of hydrogen-bond donors (Lipinski definition) is 1. The Morgan fingerprint density at radius 1 is 1.14 bits per heavy atom. The molecule has 4 rings (SSSR count). The number of halogens is 1. The summed E-state index contributed by atoms with van der Waals surface area (Å²) in [6.45, 7) is 3.97. The van der Waals surface area contributed by atoms with Gasteiger partial charge in [-0.2, -0.15) is 0 Å². The molecule has 0 bridgehead atoms. The molecular formula is C22H20FNO4. The standard InChI is InChI=1S/C22H20FNO4/c1-12(2)13-3-5-14(6-4-13)19-18-20(26)16-11-15(23)7-8-17(16)28-21(18)22(27)24(19)9-10-25/h3-8,11-12,19,25H,9-10H2,1-2H3/t19-/m1/s1. The molecule has 0 saturated carbocycles. The Kier molecular flexibility index (Phi) is 4.51. The average Bonchev–Trinajstić information content (AvgIpc) is 2.95. The number of carbonyl (C=O) groups excluding carboxylic acids is 1. The van der Waals surface area contributed by atoms with Crippen molar-refractivity contribution in [1.29, 1.82) is 0 Å². The van der Waals surface area contributed by atoms with Gasteiger partial charge in [-0.15, -0.1) is 0 Å². The smallest absolute Gasteiger partial charge is 0.290 e. The number of hydrogen-bond acceptors (Lipinski definition) is 4. The Balaban J connectivity index is 1.95. The number of aliphatic hydroxyl groups is 1. The van der Waals surface area contributed by atoms with E-state index < -0.39 is 23.2 Å². The largest absolute Gasteiger partial charge is 0.450 e. The van der Waals surface area contributed by atoms with Crippen molar-refractivity contribution >= 4 is 16.9 Å². The second-order valence-electron chi connectivity index (χ2n) is 7.26. The lowest BCUT2D eigenvalue weighted by Crippen LogP contribution is -2.32. The molecule has 1 amide bonds. The number of amides is 1. The molecule has 2 aromatic carbocycles. The van der Waals surface area contributed by atoms with Crippen LogP contribution in [0.25, 0.3) is 11.0 Å². The van der Waals surface area contributed by atoms with Crippen molar-refractivity contribution in [2.45, 2.75) is 25.8 Å². The Bertz CT molecular complexity index is 1120. The Labute approximate surface area is 161 Å². The molecule has 0 aliphatic carbocycles. The van der Waals surface area contributed by atoms with Crippen LogP contribution >= 0.6 is 0 Å². The van der Waals surface area contributed by atoms with Crippen molar-refractivity contribution in [2.75, 3.05) is 13.2 Å². The Morgan fingerprint density at radius 3 is 2.50 bits per heavy atom. The fraction of sp³-hybridized carbons (Fsp3) is 0.273. The highest BCUT2D eigenvalue weighted by molar-refractivity contribution is 5.99. The lowest BCUT2D eigenvalue weighted by atomic mass is 9.95. The molecule has 5 nitrogen and oxygen atoms in total. The van der Waals surface area contributed by atoms with E-state index in [4.69, 9.17) is 4.42 Å². The minimum absolute atomic E-state index is 0.0458. The SMILES string of the molecule is CC(C)c1ccc([C@@H]2c3c(oc4ccc(F)cc4c3=O)C(=O)N2CCO)cc1. The van der Waals surface area contributed by atoms with Crippen LogP contribution in [-0.4, -0.2) is 29.1 Å². The van der Waals surface area contributed by atoms with Gasteiger partial charge in [0, 0.05) is 6.54 Å². The van der Waals surface area contributed by atoms with Gasteiger partial charge in [-0.25, -0.2) is 4.39 Å². The van der Waals surface area contributed by atoms with Crippen LogP contribution in [0.1, 0.15) is 53.1 Å². The Morgan fingerprint density at radius 2 is 1.86 bits per heavy atom. The van der Waals surface area contributed by atoms with E-state index in [2.05, 4.69) is 13.8 Å². The second kappa shape index (κ2) is 6.87. The summed E-state index contributed by atoms with van der Waals surface area (Å²) in [7, 11) is 0. The molecule has 0 unspecified atom stereocenters. The first-order valence-electron chi connectivity index (χ1n) is 9.20. The maximum atomic E-state index is 13.7. The van der Waals surface area contributed by atoms with E-state index in [0.717, 1.165) is 17.2 Å². The lowest BCUT2D eigenvalue weighted by molar-refractivity contribution is 0.0691. The van der Waals surface area contributed by atoms with Crippen molar-refractivity contribution in [3.63, 3.8) is 0 Å². The number of aliphatic hydroxyl groups excluding tert-OH is 1. The molecule has 0 saturated heterocycles. The third kappa shape index (κ3) is 2.81. The van der Waals surface area contributed by atoms with Crippen LogP contribution in [0.3, 0.4) is 0 Å².